The Bertz CT molecular complexity index is 1450. The molecule has 13 heteroatoms. The highest BCUT2D eigenvalue weighted by atomic mass is 31.2. The zero-order valence-corrected chi connectivity index (χ0v) is 21.6. The molecule has 1 aromatic carbocycles. The van der Waals surface area contributed by atoms with Crippen molar-refractivity contribution in [1.82, 2.24) is 19.7 Å². The lowest BCUT2D eigenvalue weighted by Crippen LogP contribution is -2.26. The van der Waals surface area contributed by atoms with E-state index in [0.29, 0.717) is 28.1 Å². The second-order valence-corrected chi connectivity index (χ2v) is 10.3. The van der Waals surface area contributed by atoms with E-state index in [4.69, 9.17) is 18.5 Å². The smallest absolute Gasteiger partial charge is 0.353 e. The summed E-state index contributed by atoms with van der Waals surface area (Å²) in [4.78, 5) is 33.5. The third-order valence-corrected chi connectivity index (χ3v) is 7.63. The van der Waals surface area contributed by atoms with Gasteiger partial charge in [-0.3, -0.25) is 9.36 Å². The summed E-state index contributed by atoms with van der Waals surface area (Å²) < 4.78 is 37.3. The van der Waals surface area contributed by atoms with Crippen LogP contribution in [0.25, 0.3) is 17.1 Å². The van der Waals surface area contributed by atoms with Gasteiger partial charge in [0.2, 0.25) is 5.91 Å². The van der Waals surface area contributed by atoms with E-state index in [1.807, 2.05) is 0 Å². The quantitative estimate of drug-likeness (QED) is 0.312. The van der Waals surface area contributed by atoms with Gasteiger partial charge >= 0.3 is 13.6 Å². The van der Waals surface area contributed by atoms with Crippen LogP contribution in [0.2, 0.25) is 0 Å². The molecule has 1 saturated heterocycles. The molecule has 5 rings (SSSR count). The van der Waals surface area contributed by atoms with Crippen LogP contribution in [0.3, 0.4) is 0 Å². The molecule has 2 aliphatic heterocycles. The van der Waals surface area contributed by atoms with E-state index < -0.39 is 32.0 Å². The molecule has 3 aromatic rings. The number of rotatable bonds is 9. The summed E-state index contributed by atoms with van der Waals surface area (Å²) in [6.45, 7) is 3.87. The van der Waals surface area contributed by atoms with Gasteiger partial charge in [-0.15, -0.1) is 0 Å². The Labute approximate surface area is 218 Å². The van der Waals surface area contributed by atoms with Gasteiger partial charge in [0.15, 0.2) is 18.0 Å². The molecule has 38 heavy (non-hydrogen) atoms. The van der Waals surface area contributed by atoms with Crippen LogP contribution >= 0.6 is 7.60 Å². The van der Waals surface area contributed by atoms with Crippen molar-refractivity contribution in [2.75, 3.05) is 18.5 Å². The molecular weight excluding hydrogens is 513 g/mol. The number of amides is 1. The summed E-state index contributed by atoms with van der Waals surface area (Å²) in [7, 11) is -3.47. The first-order valence-electron chi connectivity index (χ1n) is 12.1. The highest BCUT2D eigenvalue weighted by molar-refractivity contribution is 7.57. The SMILES string of the molecule is CCOP(=O)(/C=C/[C@@H]1C[C@@H](OC(=O)c2ccccc2)[C@H](n2nc3c4c(ncnc42)NC(=O)C=C3)O1)OCC. The number of aromatic nitrogens is 4. The minimum Gasteiger partial charge on any atom is -0.454 e. The number of carbonyl (C=O) groups is 2. The third kappa shape index (κ3) is 5.30. The fraction of sp³-hybridized carbons (Fsp3) is 0.320. The molecule has 2 aromatic heterocycles. The van der Waals surface area contributed by atoms with Crippen LogP contribution in [0, 0.1) is 0 Å². The minimum atomic E-state index is -3.47. The summed E-state index contributed by atoms with van der Waals surface area (Å²) in [5.41, 5.74) is 1.24. The molecule has 1 fully saturated rings. The second kappa shape index (κ2) is 11.0. The van der Waals surface area contributed by atoms with Gasteiger partial charge in [-0.2, -0.15) is 5.10 Å². The number of carbonyl (C=O) groups excluding carboxylic acids is 2. The zero-order valence-electron chi connectivity index (χ0n) is 20.7. The summed E-state index contributed by atoms with van der Waals surface area (Å²) in [6, 6.07) is 8.61. The number of nitrogens with one attached hydrogen (secondary N) is 1. The third-order valence-electron chi connectivity index (χ3n) is 5.86. The normalized spacial score (nSPS) is 21.1. The Morgan fingerprint density at radius 2 is 1.95 bits per heavy atom. The Balaban J connectivity index is 1.50. The molecule has 0 aliphatic carbocycles. The molecular formula is C25H26N5O7P. The van der Waals surface area contributed by atoms with Crippen molar-refractivity contribution in [3.63, 3.8) is 0 Å². The standard InChI is InChI=1S/C25H26N5O7P/c1-3-34-38(33,35-4-2)13-12-17-14-19(37-25(32)16-8-6-5-7-9-16)24(36-17)30-23-21-18(29-30)10-11-20(31)28-22(21)26-15-27-23/h5-13,15,17,19,24H,3-4,14H2,1-2H3,(H,26,27,28,31)/b13-12+/t17-,19-,24-/m1/s1. The van der Waals surface area contributed by atoms with Gasteiger partial charge in [-0.25, -0.2) is 19.4 Å². The second-order valence-electron chi connectivity index (χ2n) is 8.40. The molecule has 0 saturated carbocycles. The molecule has 12 nitrogen and oxygen atoms in total. The lowest BCUT2D eigenvalue weighted by Gasteiger charge is -2.20. The van der Waals surface area contributed by atoms with Crippen molar-refractivity contribution < 1.29 is 32.7 Å². The van der Waals surface area contributed by atoms with Gasteiger partial charge in [-0.05, 0) is 38.1 Å². The number of ether oxygens (including phenoxy) is 2. The van der Waals surface area contributed by atoms with E-state index in [9.17, 15) is 14.2 Å². The van der Waals surface area contributed by atoms with Crippen molar-refractivity contribution >= 4 is 42.4 Å². The first kappa shape index (κ1) is 25.9. The van der Waals surface area contributed by atoms with Crippen LogP contribution in [0.15, 0.2) is 54.6 Å². The number of hydrogen-bond acceptors (Lipinski definition) is 10. The monoisotopic (exact) mass is 539 g/mol. The van der Waals surface area contributed by atoms with Crippen molar-refractivity contribution in [2.45, 2.75) is 38.7 Å². The van der Waals surface area contributed by atoms with Gasteiger partial charge in [0.05, 0.1) is 36.0 Å². The number of esters is 1. The molecule has 0 unspecified atom stereocenters. The Morgan fingerprint density at radius 1 is 1.18 bits per heavy atom. The summed E-state index contributed by atoms with van der Waals surface area (Å²) in [5.74, 6) is 0.822. The Kier molecular flexibility index (Phi) is 7.48. The average Bonchev–Trinajstić information content (AvgIpc) is 3.43. The highest BCUT2D eigenvalue weighted by Crippen LogP contribution is 2.50. The topological polar surface area (TPSA) is 144 Å². The van der Waals surface area contributed by atoms with Crippen LogP contribution in [0.5, 0.6) is 0 Å². The number of nitrogens with zero attached hydrogens (tertiary/aromatic N) is 4. The predicted octanol–water partition coefficient (Wildman–Crippen LogP) is 4.08. The summed E-state index contributed by atoms with van der Waals surface area (Å²) in [5, 5.41) is 7.85. The van der Waals surface area contributed by atoms with Gasteiger partial charge in [0, 0.05) is 18.3 Å². The van der Waals surface area contributed by atoms with E-state index in [1.165, 1.54) is 22.9 Å². The largest absolute Gasteiger partial charge is 0.454 e. The van der Waals surface area contributed by atoms with E-state index in [1.54, 1.807) is 56.3 Å². The maximum Gasteiger partial charge on any atom is 0.353 e. The predicted molar refractivity (Wildman–Crippen MR) is 137 cm³/mol. The fourth-order valence-corrected chi connectivity index (χ4v) is 5.65. The van der Waals surface area contributed by atoms with E-state index in [-0.39, 0.29) is 25.5 Å². The van der Waals surface area contributed by atoms with Gasteiger partial charge in [-0.1, -0.05) is 18.2 Å². The molecule has 1 N–H and O–H groups in total. The summed E-state index contributed by atoms with van der Waals surface area (Å²) >= 11 is 0. The van der Waals surface area contributed by atoms with Gasteiger partial charge in [0.25, 0.3) is 0 Å². The Hall–Kier alpha value is -3.70. The zero-order chi connectivity index (χ0) is 26.7. The number of hydrogen-bond donors (Lipinski definition) is 1. The van der Waals surface area contributed by atoms with Crippen molar-refractivity contribution in [3.05, 3.63) is 65.9 Å². The molecule has 0 spiro atoms. The lowest BCUT2D eigenvalue weighted by molar-refractivity contribution is -0.111. The fourth-order valence-electron chi connectivity index (χ4n) is 4.28. The maximum atomic E-state index is 12.9. The molecule has 0 radical (unpaired) electrons. The average molecular weight is 539 g/mol. The van der Waals surface area contributed by atoms with Crippen LogP contribution in [-0.2, 0) is 27.9 Å². The highest BCUT2D eigenvalue weighted by Gasteiger charge is 2.41. The van der Waals surface area contributed by atoms with E-state index >= 15 is 0 Å². The van der Waals surface area contributed by atoms with Gasteiger partial charge in [0.1, 0.15) is 12.1 Å². The lowest BCUT2D eigenvalue weighted by atomic mass is 10.2. The van der Waals surface area contributed by atoms with E-state index in [0.717, 1.165) is 0 Å². The maximum absolute atomic E-state index is 12.9. The van der Waals surface area contributed by atoms with Crippen molar-refractivity contribution in [2.24, 2.45) is 0 Å². The van der Waals surface area contributed by atoms with Crippen LogP contribution in [0.1, 0.15) is 42.5 Å². The number of benzene rings is 1. The van der Waals surface area contributed by atoms with Gasteiger partial charge < -0.3 is 23.8 Å². The van der Waals surface area contributed by atoms with Crippen LogP contribution in [-0.4, -0.2) is 57.0 Å². The first-order chi connectivity index (χ1) is 18.4. The molecule has 2 aliphatic rings. The molecule has 0 bridgehead atoms. The molecule has 198 valence electrons. The Morgan fingerprint density at radius 3 is 2.68 bits per heavy atom. The van der Waals surface area contributed by atoms with Crippen molar-refractivity contribution in [3.8, 4) is 0 Å². The van der Waals surface area contributed by atoms with Crippen LogP contribution < -0.4 is 5.32 Å². The minimum absolute atomic E-state index is 0.210. The first-order valence-corrected chi connectivity index (χ1v) is 13.7. The molecule has 1 amide bonds. The van der Waals surface area contributed by atoms with Crippen LogP contribution in [0.4, 0.5) is 5.82 Å². The molecule has 3 atom stereocenters. The number of anilines is 1. The van der Waals surface area contributed by atoms with E-state index in [2.05, 4.69) is 20.4 Å². The molecule has 4 heterocycles. The summed E-state index contributed by atoms with van der Waals surface area (Å²) in [6.07, 6.45) is 3.81. The van der Waals surface area contributed by atoms with Crippen molar-refractivity contribution in [1.29, 1.82) is 0 Å².